The van der Waals surface area contributed by atoms with Gasteiger partial charge in [-0.2, -0.15) is 0 Å². The summed E-state index contributed by atoms with van der Waals surface area (Å²) in [5, 5.41) is 10.3. The van der Waals surface area contributed by atoms with Gasteiger partial charge in [0.05, 0.1) is 6.10 Å². The Labute approximate surface area is 187 Å². The Bertz CT molecular complexity index is 634. The number of fused-ring (bicyclic) bond motifs is 5. The molecule has 0 spiro atoms. The van der Waals surface area contributed by atoms with E-state index < -0.39 is 0 Å². The average Bonchev–Trinajstić information content (AvgIpc) is 3.06. The highest BCUT2D eigenvalue weighted by molar-refractivity contribution is 5.27. The molecule has 4 rings (SSSR count). The predicted molar refractivity (Wildman–Crippen MR) is 128 cm³/mol. The Morgan fingerprint density at radius 2 is 1.67 bits per heavy atom. The van der Waals surface area contributed by atoms with E-state index in [4.69, 9.17) is 0 Å². The van der Waals surface area contributed by atoms with Crippen molar-refractivity contribution in [1.82, 2.24) is 0 Å². The summed E-state index contributed by atoms with van der Waals surface area (Å²) in [7, 11) is 0. The number of hydrogen-bond acceptors (Lipinski definition) is 1. The van der Waals surface area contributed by atoms with Crippen molar-refractivity contribution in [3.8, 4) is 0 Å². The van der Waals surface area contributed by atoms with Crippen LogP contribution in [0.4, 0.5) is 0 Å². The molecule has 0 heterocycles. The fourth-order valence-corrected chi connectivity index (χ4v) is 9.15. The Morgan fingerprint density at radius 3 is 2.37 bits per heavy atom. The lowest BCUT2D eigenvalue weighted by Gasteiger charge is -2.57. The minimum Gasteiger partial charge on any atom is -0.393 e. The number of hydrogen-bond donors (Lipinski definition) is 1. The highest BCUT2D eigenvalue weighted by Crippen LogP contribution is 2.67. The molecule has 0 aromatic heterocycles. The molecule has 1 nitrogen and oxygen atoms in total. The van der Waals surface area contributed by atoms with Gasteiger partial charge in [-0.1, -0.05) is 66.0 Å². The Hall–Kier alpha value is -0.300. The van der Waals surface area contributed by atoms with Gasteiger partial charge in [-0.25, -0.2) is 0 Å². The van der Waals surface area contributed by atoms with Crippen LogP contribution in [0.2, 0.25) is 0 Å². The van der Waals surface area contributed by atoms with Gasteiger partial charge in [-0.05, 0) is 110 Å². The van der Waals surface area contributed by atoms with E-state index in [1.807, 2.05) is 5.57 Å². The molecule has 0 radical (unpaired) electrons. The summed E-state index contributed by atoms with van der Waals surface area (Å²) in [6.45, 7) is 15.1. The van der Waals surface area contributed by atoms with Gasteiger partial charge in [-0.15, -0.1) is 0 Å². The van der Waals surface area contributed by atoms with Crippen LogP contribution in [-0.2, 0) is 0 Å². The summed E-state index contributed by atoms with van der Waals surface area (Å²) in [5.41, 5.74) is 2.88. The van der Waals surface area contributed by atoms with Gasteiger partial charge in [0.25, 0.3) is 0 Å². The van der Waals surface area contributed by atoms with Crippen molar-refractivity contribution in [2.45, 2.75) is 118 Å². The molecule has 4 aliphatic carbocycles. The van der Waals surface area contributed by atoms with Crippen LogP contribution in [0.5, 0.6) is 0 Å². The molecule has 9 atom stereocenters. The Kier molecular flexibility index (Phi) is 6.53. The van der Waals surface area contributed by atoms with Gasteiger partial charge in [0.2, 0.25) is 0 Å². The lowest BCUT2D eigenvalue weighted by Crippen LogP contribution is -2.49. The van der Waals surface area contributed by atoms with E-state index in [1.54, 1.807) is 0 Å². The fraction of sp³-hybridized carbons (Fsp3) is 0.931. The summed E-state index contributed by atoms with van der Waals surface area (Å²) in [5.74, 6) is 5.92. The van der Waals surface area contributed by atoms with Crippen molar-refractivity contribution in [2.24, 2.45) is 52.3 Å². The van der Waals surface area contributed by atoms with Crippen molar-refractivity contribution in [2.75, 3.05) is 0 Å². The maximum Gasteiger partial charge on any atom is 0.0543 e. The zero-order valence-corrected chi connectivity index (χ0v) is 20.9. The largest absolute Gasteiger partial charge is 0.393 e. The quantitative estimate of drug-likeness (QED) is 0.436. The molecular weight excluding hydrogens is 364 g/mol. The van der Waals surface area contributed by atoms with Crippen LogP contribution in [0.3, 0.4) is 0 Å². The van der Waals surface area contributed by atoms with E-state index in [1.165, 1.54) is 57.8 Å². The van der Waals surface area contributed by atoms with Crippen LogP contribution in [0.1, 0.15) is 112 Å². The van der Waals surface area contributed by atoms with E-state index in [0.29, 0.717) is 10.8 Å². The molecule has 1 heteroatoms. The molecule has 0 aromatic carbocycles. The zero-order chi connectivity index (χ0) is 21.7. The summed E-state index contributed by atoms with van der Waals surface area (Å²) < 4.78 is 0. The minimum atomic E-state index is -0.0404. The third-order valence-corrected chi connectivity index (χ3v) is 11.3. The normalized spacial score (nSPS) is 45.3. The van der Waals surface area contributed by atoms with Crippen molar-refractivity contribution in [1.29, 1.82) is 0 Å². The molecule has 0 amide bonds. The van der Waals surface area contributed by atoms with E-state index >= 15 is 0 Å². The van der Waals surface area contributed by atoms with E-state index in [2.05, 4.69) is 47.6 Å². The first-order valence-electron chi connectivity index (χ1n) is 13.6. The average molecular weight is 415 g/mol. The third kappa shape index (κ3) is 3.74. The molecule has 4 aliphatic rings. The van der Waals surface area contributed by atoms with Crippen molar-refractivity contribution < 1.29 is 5.11 Å². The highest BCUT2D eigenvalue weighted by atomic mass is 16.3. The molecule has 7 unspecified atom stereocenters. The molecule has 3 saturated carbocycles. The van der Waals surface area contributed by atoms with Crippen LogP contribution in [0, 0.1) is 52.3 Å². The number of aliphatic hydroxyl groups is 1. The number of rotatable bonds is 6. The Morgan fingerprint density at radius 1 is 0.967 bits per heavy atom. The molecule has 30 heavy (non-hydrogen) atoms. The summed E-state index contributed by atoms with van der Waals surface area (Å²) >= 11 is 0. The van der Waals surface area contributed by atoms with Gasteiger partial charge in [-0.3, -0.25) is 0 Å². The van der Waals surface area contributed by atoms with Gasteiger partial charge in [0.15, 0.2) is 0 Å². The summed E-state index contributed by atoms with van der Waals surface area (Å²) in [6, 6.07) is 0. The number of aliphatic hydroxyl groups excluding tert-OH is 1. The maximum atomic E-state index is 10.3. The van der Waals surface area contributed by atoms with Crippen LogP contribution < -0.4 is 0 Å². The van der Waals surface area contributed by atoms with Crippen molar-refractivity contribution in [3.05, 3.63) is 11.6 Å². The molecule has 0 aliphatic heterocycles. The molecule has 0 saturated heterocycles. The highest BCUT2D eigenvalue weighted by Gasteiger charge is 2.58. The first-order valence-corrected chi connectivity index (χ1v) is 13.6. The third-order valence-electron chi connectivity index (χ3n) is 11.3. The first kappa shape index (κ1) is 22.9. The maximum absolute atomic E-state index is 10.3. The lowest BCUT2D eigenvalue weighted by atomic mass is 9.47. The van der Waals surface area contributed by atoms with Crippen LogP contribution >= 0.6 is 0 Å². The van der Waals surface area contributed by atoms with Crippen molar-refractivity contribution in [3.63, 3.8) is 0 Å². The SMILES string of the molecule is CCC(CCC(C)C1CCC2C3=CCC4CC(O)CC[C@]4(C)C3CC[C@@]21C)C(C)C. The molecule has 1 N–H and O–H groups in total. The standard InChI is InChI=1S/C29H50O/c1-7-21(19(2)3)9-8-20(4)25-12-13-26-24-11-10-22-18-23(30)14-16-28(22,5)27(24)15-17-29(25,26)6/h11,19-23,25-27,30H,7-10,12-18H2,1-6H3/t20?,21?,22?,23?,25?,26?,27?,28-,29+/m0/s1. The van der Waals surface area contributed by atoms with Gasteiger partial charge < -0.3 is 5.11 Å². The monoisotopic (exact) mass is 414 g/mol. The van der Waals surface area contributed by atoms with E-state index in [-0.39, 0.29) is 6.10 Å². The van der Waals surface area contributed by atoms with E-state index in [0.717, 1.165) is 54.3 Å². The fourth-order valence-electron chi connectivity index (χ4n) is 9.15. The van der Waals surface area contributed by atoms with Crippen molar-refractivity contribution >= 4 is 0 Å². The molecule has 3 fully saturated rings. The molecule has 172 valence electrons. The topological polar surface area (TPSA) is 20.2 Å². The van der Waals surface area contributed by atoms with Gasteiger partial charge in [0, 0.05) is 0 Å². The lowest BCUT2D eigenvalue weighted by molar-refractivity contribution is -0.0428. The smallest absolute Gasteiger partial charge is 0.0543 e. The van der Waals surface area contributed by atoms with E-state index in [9.17, 15) is 5.11 Å². The van der Waals surface area contributed by atoms with Gasteiger partial charge in [0.1, 0.15) is 0 Å². The zero-order valence-electron chi connectivity index (χ0n) is 20.9. The predicted octanol–water partition coefficient (Wildman–Crippen LogP) is 8.02. The van der Waals surface area contributed by atoms with Crippen LogP contribution in [0.15, 0.2) is 11.6 Å². The first-order chi connectivity index (χ1) is 14.2. The summed E-state index contributed by atoms with van der Waals surface area (Å²) in [6.07, 6.45) is 17.2. The van der Waals surface area contributed by atoms with Gasteiger partial charge >= 0.3 is 0 Å². The molecule has 0 aromatic rings. The number of allylic oxidation sites excluding steroid dienone is 2. The summed E-state index contributed by atoms with van der Waals surface area (Å²) in [4.78, 5) is 0. The van der Waals surface area contributed by atoms with Crippen LogP contribution in [-0.4, -0.2) is 11.2 Å². The second-order valence-electron chi connectivity index (χ2n) is 12.9. The second kappa shape index (κ2) is 8.57. The van der Waals surface area contributed by atoms with Crippen LogP contribution in [0.25, 0.3) is 0 Å². The molecular formula is C29H50O. The second-order valence-corrected chi connectivity index (χ2v) is 12.9. The molecule has 0 bridgehead atoms. The minimum absolute atomic E-state index is 0.0404. The Balaban J connectivity index is 1.48.